The fourth-order valence-electron chi connectivity index (χ4n) is 1.92. The molecule has 0 saturated carbocycles. The van der Waals surface area contributed by atoms with Crippen LogP contribution in [0.4, 0.5) is 0 Å². The number of hydrogen-bond donors (Lipinski definition) is 2. The topological polar surface area (TPSA) is 80.9 Å². The van der Waals surface area contributed by atoms with Gasteiger partial charge in [0.05, 0.1) is 11.2 Å². The van der Waals surface area contributed by atoms with Gasteiger partial charge in [-0.2, -0.15) is 0 Å². The van der Waals surface area contributed by atoms with Crippen LogP contribution in [0.2, 0.25) is 5.02 Å². The SMILES string of the molecule is CC(C)c1ncc(Cl)c(C(=O)NCC(N)c2ccccc2)n1.Cl. The van der Waals surface area contributed by atoms with Gasteiger partial charge in [0.1, 0.15) is 11.5 Å². The molecule has 0 aliphatic carbocycles. The van der Waals surface area contributed by atoms with Crippen LogP contribution in [0, 0.1) is 0 Å². The van der Waals surface area contributed by atoms with E-state index in [1.54, 1.807) is 0 Å². The summed E-state index contributed by atoms with van der Waals surface area (Å²) >= 11 is 6.01. The molecule has 0 fully saturated rings. The maximum Gasteiger partial charge on any atom is 0.271 e. The van der Waals surface area contributed by atoms with Crippen LogP contribution in [-0.2, 0) is 0 Å². The van der Waals surface area contributed by atoms with Gasteiger partial charge in [0.2, 0.25) is 0 Å². The van der Waals surface area contributed by atoms with Gasteiger partial charge in [-0.1, -0.05) is 55.8 Å². The second-order valence-corrected chi connectivity index (χ2v) is 5.71. The van der Waals surface area contributed by atoms with Crippen molar-refractivity contribution in [2.24, 2.45) is 5.73 Å². The van der Waals surface area contributed by atoms with Crippen molar-refractivity contribution in [3.63, 3.8) is 0 Å². The lowest BCUT2D eigenvalue weighted by Gasteiger charge is -2.14. The lowest BCUT2D eigenvalue weighted by Crippen LogP contribution is -2.32. The molecule has 0 spiro atoms. The molecule has 0 aliphatic heterocycles. The van der Waals surface area contributed by atoms with E-state index in [2.05, 4.69) is 15.3 Å². The van der Waals surface area contributed by atoms with E-state index in [-0.39, 0.29) is 41.0 Å². The number of rotatable bonds is 5. The van der Waals surface area contributed by atoms with Crippen LogP contribution >= 0.6 is 24.0 Å². The molecule has 23 heavy (non-hydrogen) atoms. The summed E-state index contributed by atoms with van der Waals surface area (Å²) in [7, 11) is 0. The smallest absolute Gasteiger partial charge is 0.271 e. The number of hydrogen-bond acceptors (Lipinski definition) is 4. The summed E-state index contributed by atoms with van der Waals surface area (Å²) in [5.74, 6) is 0.359. The highest BCUT2D eigenvalue weighted by Gasteiger charge is 2.16. The van der Waals surface area contributed by atoms with E-state index in [9.17, 15) is 4.79 Å². The lowest BCUT2D eigenvalue weighted by atomic mass is 10.1. The minimum Gasteiger partial charge on any atom is -0.349 e. The van der Waals surface area contributed by atoms with Gasteiger partial charge in [-0.05, 0) is 5.56 Å². The standard InChI is InChI=1S/C16H19ClN4O.ClH/c1-10(2)15-19-8-12(17)14(21-15)16(22)20-9-13(18)11-6-4-3-5-7-11;/h3-8,10,13H,9,18H2,1-2H3,(H,20,22);1H. The molecular formula is C16H20Cl2N4O. The Morgan fingerprint density at radius 3 is 2.57 bits per heavy atom. The first-order valence-corrected chi connectivity index (χ1v) is 7.48. The van der Waals surface area contributed by atoms with Gasteiger partial charge in [0.25, 0.3) is 5.91 Å². The number of carbonyl (C=O) groups excluding carboxylic acids is 1. The first-order valence-electron chi connectivity index (χ1n) is 7.10. The molecule has 1 aromatic heterocycles. The minimum atomic E-state index is -0.347. The Balaban J connectivity index is 0.00000264. The van der Waals surface area contributed by atoms with Crippen LogP contribution in [0.1, 0.15) is 47.7 Å². The number of halogens is 2. The Hall–Kier alpha value is -1.69. The minimum absolute atomic E-state index is 0. The van der Waals surface area contributed by atoms with Crippen molar-refractivity contribution >= 4 is 29.9 Å². The van der Waals surface area contributed by atoms with Crippen molar-refractivity contribution in [3.8, 4) is 0 Å². The van der Waals surface area contributed by atoms with Crippen LogP contribution in [0.3, 0.4) is 0 Å². The number of aromatic nitrogens is 2. The van der Waals surface area contributed by atoms with E-state index in [0.29, 0.717) is 12.4 Å². The summed E-state index contributed by atoms with van der Waals surface area (Å²) in [6.45, 7) is 4.21. The summed E-state index contributed by atoms with van der Waals surface area (Å²) in [4.78, 5) is 20.6. The zero-order valence-corrected chi connectivity index (χ0v) is 14.6. The molecule has 1 heterocycles. The van der Waals surface area contributed by atoms with E-state index in [1.165, 1.54) is 6.20 Å². The summed E-state index contributed by atoms with van der Waals surface area (Å²) in [5.41, 5.74) is 7.20. The van der Waals surface area contributed by atoms with Gasteiger partial charge in [-0.3, -0.25) is 4.79 Å². The molecular weight excluding hydrogens is 335 g/mol. The molecule has 0 aliphatic rings. The van der Waals surface area contributed by atoms with E-state index < -0.39 is 0 Å². The van der Waals surface area contributed by atoms with Crippen molar-refractivity contribution in [3.05, 3.63) is 58.6 Å². The third-order valence-corrected chi connectivity index (χ3v) is 3.48. The fraction of sp³-hybridized carbons (Fsp3) is 0.312. The van der Waals surface area contributed by atoms with Crippen LogP contribution in [-0.4, -0.2) is 22.4 Å². The first-order chi connectivity index (χ1) is 10.5. The van der Waals surface area contributed by atoms with Crippen molar-refractivity contribution in [1.82, 2.24) is 15.3 Å². The number of amides is 1. The monoisotopic (exact) mass is 354 g/mol. The summed E-state index contributed by atoms with van der Waals surface area (Å²) < 4.78 is 0. The van der Waals surface area contributed by atoms with Gasteiger partial charge in [-0.25, -0.2) is 9.97 Å². The van der Waals surface area contributed by atoms with Crippen molar-refractivity contribution in [1.29, 1.82) is 0 Å². The van der Waals surface area contributed by atoms with Gasteiger partial charge < -0.3 is 11.1 Å². The summed E-state index contributed by atoms with van der Waals surface area (Å²) in [6, 6.07) is 9.30. The molecule has 1 atom stereocenters. The van der Waals surface area contributed by atoms with Crippen LogP contribution < -0.4 is 11.1 Å². The highest BCUT2D eigenvalue weighted by atomic mass is 35.5. The van der Waals surface area contributed by atoms with Gasteiger partial charge in [0.15, 0.2) is 0 Å². The number of carbonyl (C=O) groups is 1. The van der Waals surface area contributed by atoms with Crippen LogP contribution in [0.15, 0.2) is 36.5 Å². The molecule has 1 aromatic carbocycles. The molecule has 2 aromatic rings. The van der Waals surface area contributed by atoms with E-state index in [0.717, 1.165) is 5.56 Å². The molecule has 124 valence electrons. The van der Waals surface area contributed by atoms with Gasteiger partial charge in [0, 0.05) is 18.5 Å². The van der Waals surface area contributed by atoms with E-state index in [4.69, 9.17) is 17.3 Å². The summed E-state index contributed by atoms with van der Waals surface area (Å²) in [5, 5.41) is 3.00. The Kier molecular flexibility index (Phi) is 7.42. The molecule has 2 rings (SSSR count). The number of nitrogens with one attached hydrogen (secondary N) is 1. The molecule has 5 nitrogen and oxygen atoms in total. The quantitative estimate of drug-likeness (QED) is 0.864. The molecule has 0 radical (unpaired) electrons. The average Bonchev–Trinajstić information content (AvgIpc) is 2.53. The molecule has 0 saturated heterocycles. The zero-order chi connectivity index (χ0) is 16.1. The molecule has 1 amide bonds. The maximum absolute atomic E-state index is 12.2. The van der Waals surface area contributed by atoms with Crippen molar-refractivity contribution < 1.29 is 4.79 Å². The predicted molar refractivity (Wildman–Crippen MR) is 94.1 cm³/mol. The second-order valence-electron chi connectivity index (χ2n) is 5.31. The molecule has 3 N–H and O–H groups in total. The maximum atomic E-state index is 12.2. The lowest BCUT2D eigenvalue weighted by molar-refractivity contribution is 0.0946. The number of nitrogens with two attached hydrogens (primary N) is 1. The normalized spacial score (nSPS) is 11.7. The van der Waals surface area contributed by atoms with Crippen molar-refractivity contribution in [2.45, 2.75) is 25.8 Å². The molecule has 0 bridgehead atoms. The summed E-state index contributed by atoms with van der Waals surface area (Å²) in [6.07, 6.45) is 1.45. The van der Waals surface area contributed by atoms with Crippen LogP contribution in [0.5, 0.6) is 0 Å². The Morgan fingerprint density at radius 1 is 1.30 bits per heavy atom. The van der Waals surface area contributed by atoms with Crippen molar-refractivity contribution in [2.75, 3.05) is 6.54 Å². The first kappa shape index (κ1) is 19.4. The Morgan fingerprint density at radius 2 is 1.96 bits per heavy atom. The largest absolute Gasteiger partial charge is 0.349 e. The third-order valence-electron chi connectivity index (χ3n) is 3.20. The number of nitrogens with zero attached hydrogens (tertiary/aromatic N) is 2. The molecule has 1 unspecified atom stereocenters. The van der Waals surface area contributed by atoms with E-state index >= 15 is 0 Å². The zero-order valence-electron chi connectivity index (χ0n) is 13.0. The second kappa shape index (κ2) is 8.82. The van der Waals surface area contributed by atoms with Gasteiger partial charge >= 0.3 is 0 Å². The van der Waals surface area contributed by atoms with E-state index in [1.807, 2.05) is 44.2 Å². The Labute approximate surface area is 147 Å². The van der Waals surface area contributed by atoms with Crippen LogP contribution in [0.25, 0.3) is 0 Å². The highest BCUT2D eigenvalue weighted by Crippen LogP contribution is 2.16. The average molecular weight is 355 g/mol. The molecule has 7 heteroatoms. The number of benzene rings is 1. The fourth-order valence-corrected chi connectivity index (χ4v) is 2.10. The van der Waals surface area contributed by atoms with Gasteiger partial charge in [-0.15, -0.1) is 12.4 Å². The highest BCUT2D eigenvalue weighted by molar-refractivity contribution is 6.33. The predicted octanol–water partition coefficient (Wildman–Crippen LogP) is 3.11. The third kappa shape index (κ3) is 5.16. The Bertz CT molecular complexity index is 650.